The standard InChI is InChI=1S/C19H18BrN3O4/c1-12-19(26)23(15-8-4-5-9-16(15)27-12)11-10-17(24)21-22-18(25)13-6-2-3-7-14(13)20/h2-9,12H,10-11H2,1H3,(H,21,24)(H,22,25). The van der Waals surface area contributed by atoms with Crippen LogP contribution in [0.15, 0.2) is 53.0 Å². The van der Waals surface area contributed by atoms with Crippen molar-refractivity contribution in [3.63, 3.8) is 0 Å². The third-order valence-electron chi connectivity index (χ3n) is 4.07. The fourth-order valence-corrected chi connectivity index (χ4v) is 3.17. The lowest BCUT2D eigenvalue weighted by molar-refractivity contribution is -0.125. The number of anilines is 1. The van der Waals surface area contributed by atoms with Crippen molar-refractivity contribution in [1.29, 1.82) is 0 Å². The molecule has 2 N–H and O–H groups in total. The summed E-state index contributed by atoms with van der Waals surface area (Å²) in [6.07, 6.45) is -0.582. The Balaban J connectivity index is 1.57. The van der Waals surface area contributed by atoms with Gasteiger partial charge in [-0.15, -0.1) is 0 Å². The Labute approximate surface area is 164 Å². The zero-order chi connectivity index (χ0) is 19.4. The highest BCUT2D eigenvalue weighted by molar-refractivity contribution is 9.10. The average Bonchev–Trinajstić information content (AvgIpc) is 2.67. The molecule has 140 valence electrons. The van der Waals surface area contributed by atoms with E-state index in [9.17, 15) is 14.4 Å². The Morgan fingerprint density at radius 3 is 2.59 bits per heavy atom. The molecule has 1 aliphatic rings. The number of hydrogen-bond donors (Lipinski definition) is 2. The first-order chi connectivity index (χ1) is 13.0. The van der Waals surface area contributed by atoms with E-state index in [1.54, 1.807) is 49.4 Å². The van der Waals surface area contributed by atoms with Crippen LogP contribution in [-0.4, -0.2) is 30.4 Å². The molecule has 7 nitrogen and oxygen atoms in total. The van der Waals surface area contributed by atoms with Gasteiger partial charge in [0, 0.05) is 17.4 Å². The van der Waals surface area contributed by atoms with Gasteiger partial charge in [-0.25, -0.2) is 0 Å². The van der Waals surface area contributed by atoms with Crippen molar-refractivity contribution in [2.45, 2.75) is 19.4 Å². The van der Waals surface area contributed by atoms with Gasteiger partial charge in [0.1, 0.15) is 5.75 Å². The molecule has 8 heteroatoms. The van der Waals surface area contributed by atoms with E-state index in [-0.39, 0.29) is 18.9 Å². The summed E-state index contributed by atoms with van der Waals surface area (Å²) in [4.78, 5) is 38.1. The summed E-state index contributed by atoms with van der Waals surface area (Å²) in [6.45, 7) is 1.85. The van der Waals surface area contributed by atoms with E-state index in [4.69, 9.17) is 4.74 Å². The van der Waals surface area contributed by atoms with Crippen LogP contribution in [0.2, 0.25) is 0 Å². The lowest BCUT2D eigenvalue weighted by Gasteiger charge is -2.32. The molecular formula is C19H18BrN3O4. The number of hydrazine groups is 1. The third kappa shape index (κ3) is 4.28. The summed E-state index contributed by atoms with van der Waals surface area (Å²) in [5.41, 5.74) is 5.78. The van der Waals surface area contributed by atoms with Crippen molar-refractivity contribution in [1.82, 2.24) is 10.9 Å². The van der Waals surface area contributed by atoms with Gasteiger partial charge < -0.3 is 9.64 Å². The van der Waals surface area contributed by atoms with Crippen LogP contribution in [-0.2, 0) is 9.59 Å². The minimum Gasteiger partial charge on any atom is -0.479 e. The maximum absolute atomic E-state index is 12.4. The van der Waals surface area contributed by atoms with Gasteiger partial charge >= 0.3 is 0 Å². The third-order valence-corrected chi connectivity index (χ3v) is 4.76. The molecular weight excluding hydrogens is 414 g/mol. The van der Waals surface area contributed by atoms with Crippen LogP contribution in [0.5, 0.6) is 5.75 Å². The number of carbonyl (C=O) groups is 3. The van der Waals surface area contributed by atoms with Gasteiger partial charge in [0.05, 0.1) is 11.3 Å². The van der Waals surface area contributed by atoms with E-state index in [0.29, 0.717) is 21.5 Å². The van der Waals surface area contributed by atoms with Gasteiger partial charge in [-0.3, -0.25) is 25.2 Å². The Morgan fingerprint density at radius 1 is 1.11 bits per heavy atom. The molecule has 0 aromatic heterocycles. The normalized spacial score (nSPS) is 15.6. The summed E-state index contributed by atoms with van der Waals surface area (Å²) in [7, 11) is 0. The number of rotatable bonds is 4. The Hall–Kier alpha value is -2.87. The summed E-state index contributed by atoms with van der Waals surface area (Å²) < 4.78 is 6.19. The van der Waals surface area contributed by atoms with E-state index in [0.717, 1.165) is 0 Å². The van der Waals surface area contributed by atoms with Crippen molar-refractivity contribution < 1.29 is 19.1 Å². The number of benzene rings is 2. The van der Waals surface area contributed by atoms with Gasteiger partial charge in [0.25, 0.3) is 11.8 Å². The molecule has 1 aliphatic heterocycles. The smallest absolute Gasteiger partial charge is 0.270 e. The summed E-state index contributed by atoms with van der Waals surface area (Å²) >= 11 is 3.28. The molecule has 3 amide bonds. The number of para-hydroxylation sites is 2. The molecule has 1 heterocycles. The number of nitrogens with zero attached hydrogens (tertiary/aromatic N) is 1. The zero-order valence-corrected chi connectivity index (χ0v) is 16.2. The van der Waals surface area contributed by atoms with Gasteiger partial charge in [0.15, 0.2) is 6.10 Å². The number of nitrogens with one attached hydrogen (secondary N) is 2. The van der Waals surface area contributed by atoms with Gasteiger partial charge in [-0.05, 0) is 47.1 Å². The van der Waals surface area contributed by atoms with E-state index >= 15 is 0 Å². The highest BCUT2D eigenvalue weighted by Crippen LogP contribution is 2.33. The molecule has 0 saturated heterocycles. The van der Waals surface area contributed by atoms with Crippen LogP contribution in [0.4, 0.5) is 5.69 Å². The molecule has 2 aromatic rings. The fourth-order valence-electron chi connectivity index (χ4n) is 2.70. The summed E-state index contributed by atoms with van der Waals surface area (Å²) in [5.74, 6) is -0.442. The number of fused-ring (bicyclic) bond motifs is 1. The molecule has 1 unspecified atom stereocenters. The first kappa shape index (κ1) is 18.9. The number of hydrogen-bond acceptors (Lipinski definition) is 4. The number of amides is 3. The van der Waals surface area contributed by atoms with Crippen molar-refractivity contribution in [2.75, 3.05) is 11.4 Å². The molecule has 0 radical (unpaired) electrons. The highest BCUT2D eigenvalue weighted by Gasteiger charge is 2.31. The van der Waals surface area contributed by atoms with Crippen LogP contribution in [0.3, 0.4) is 0 Å². The number of halogens is 1. The average molecular weight is 432 g/mol. The van der Waals surface area contributed by atoms with E-state index in [1.165, 1.54) is 4.90 Å². The molecule has 1 atom stereocenters. The van der Waals surface area contributed by atoms with Crippen LogP contribution >= 0.6 is 15.9 Å². The molecule has 3 rings (SSSR count). The molecule has 27 heavy (non-hydrogen) atoms. The first-order valence-electron chi connectivity index (χ1n) is 8.38. The lowest BCUT2D eigenvalue weighted by Crippen LogP contribution is -2.47. The Morgan fingerprint density at radius 2 is 1.81 bits per heavy atom. The minimum absolute atomic E-state index is 0.0308. The number of carbonyl (C=O) groups excluding carboxylic acids is 3. The fraction of sp³-hybridized carbons (Fsp3) is 0.211. The number of ether oxygens (including phenoxy) is 1. The predicted octanol–water partition coefficient (Wildman–Crippen LogP) is 2.41. The lowest BCUT2D eigenvalue weighted by atomic mass is 10.1. The topological polar surface area (TPSA) is 87.7 Å². The van der Waals surface area contributed by atoms with Gasteiger partial charge in [-0.1, -0.05) is 24.3 Å². The van der Waals surface area contributed by atoms with Crippen LogP contribution in [0.25, 0.3) is 0 Å². The van der Waals surface area contributed by atoms with Gasteiger partial charge in [0.2, 0.25) is 5.91 Å². The molecule has 0 fully saturated rings. The molecule has 2 aromatic carbocycles. The molecule has 0 spiro atoms. The van der Waals surface area contributed by atoms with Crippen molar-refractivity contribution in [3.8, 4) is 5.75 Å². The molecule has 0 bridgehead atoms. The summed E-state index contributed by atoms with van der Waals surface area (Å²) in [5, 5.41) is 0. The Bertz CT molecular complexity index is 887. The predicted molar refractivity (Wildman–Crippen MR) is 103 cm³/mol. The summed E-state index contributed by atoms with van der Waals surface area (Å²) in [6, 6.07) is 14.1. The SMILES string of the molecule is CC1Oc2ccccc2N(CCC(=O)NNC(=O)c2ccccc2Br)C1=O. The van der Waals surface area contributed by atoms with Crippen LogP contribution in [0, 0.1) is 0 Å². The maximum Gasteiger partial charge on any atom is 0.270 e. The molecule has 0 saturated carbocycles. The molecule has 0 aliphatic carbocycles. The second-order valence-electron chi connectivity index (χ2n) is 5.95. The highest BCUT2D eigenvalue weighted by atomic mass is 79.9. The minimum atomic E-state index is -0.613. The monoisotopic (exact) mass is 431 g/mol. The van der Waals surface area contributed by atoms with Crippen molar-refractivity contribution in [2.24, 2.45) is 0 Å². The first-order valence-corrected chi connectivity index (χ1v) is 9.17. The van der Waals surface area contributed by atoms with E-state index < -0.39 is 17.9 Å². The van der Waals surface area contributed by atoms with Crippen LogP contribution in [0.1, 0.15) is 23.7 Å². The second kappa shape index (κ2) is 8.22. The largest absolute Gasteiger partial charge is 0.479 e. The Kier molecular flexibility index (Phi) is 5.75. The van der Waals surface area contributed by atoms with Crippen molar-refractivity contribution >= 4 is 39.3 Å². The van der Waals surface area contributed by atoms with Crippen LogP contribution < -0.4 is 20.5 Å². The maximum atomic E-state index is 12.4. The van der Waals surface area contributed by atoms with E-state index in [2.05, 4.69) is 26.8 Å². The van der Waals surface area contributed by atoms with E-state index in [1.807, 2.05) is 6.07 Å². The second-order valence-corrected chi connectivity index (χ2v) is 6.80. The zero-order valence-electron chi connectivity index (χ0n) is 14.6. The van der Waals surface area contributed by atoms with Crippen molar-refractivity contribution in [3.05, 3.63) is 58.6 Å². The van der Waals surface area contributed by atoms with Gasteiger partial charge in [-0.2, -0.15) is 0 Å². The quantitative estimate of drug-likeness (QED) is 0.727.